The molecule has 0 aromatic rings. The summed E-state index contributed by atoms with van der Waals surface area (Å²) < 4.78 is 22.1. The molecule has 0 aromatic carbocycles. The number of esters is 2. The summed E-state index contributed by atoms with van der Waals surface area (Å²) >= 11 is -3.97. The molecule has 0 aromatic heterocycles. The van der Waals surface area contributed by atoms with Crippen molar-refractivity contribution >= 4 is 43.1 Å². The number of carbonyl (C=O) groups is 4. The van der Waals surface area contributed by atoms with Crippen LogP contribution in [0.3, 0.4) is 0 Å². The average Bonchev–Trinajstić information content (AvgIpc) is 2.70. The van der Waals surface area contributed by atoms with Crippen molar-refractivity contribution < 1.29 is 34.8 Å². The standard InChI is InChI=1S/2C6H10O4.2C4H9.Sn/c2*1-10-6(9)4-2-3-5(7)8;2*1-3-4-2;/h2*2-4H2,1H3,(H,7,8);2*1,3-4H2,2H3;/q;;;;+2/p-2. The van der Waals surface area contributed by atoms with E-state index in [0.29, 0.717) is 21.7 Å². The number of rotatable bonds is 16. The average molecular weight is 523 g/mol. The van der Waals surface area contributed by atoms with Crippen LogP contribution in [0.5, 0.6) is 0 Å². The molecular weight excluding hydrogens is 487 g/mol. The quantitative estimate of drug-likeness (QED) is 0.222. The zero-order valence-electron chi connectivity index (χ0n) is 18.3. The molecule has 0 heterocycles. The van der Waals surface area contributed by atoms with E-state index < -0.39 is 31.1 Å². The molecule has 0 aliphatic rings. The minimum absolute atomic E-state index is 0.0892. The molecule has 0 N–H and O–H groups in total. The Labute approximate surface area is 178 Å². The normalized spacial score (nSPS) is 10.9. The van der Waals surface area contributed by atoms with Gasteiger partial charge in [-0.2, -0.15) is 0 Å². The zero-order valence-corrected chi connectivity index (χ0v) is 21.1. The monoisotopic (exact) mass is 524 g/mol. The van der Waals surface area contributed by atoms with Crippen LogP contribution < -0.4 is 0 Å². The van der Waals surface area contributed by atoms with Gasteiger partial charge in [0, 0.05) is 0 Å². The second-order valence-corrected chi connectivity index (χ2v) is 16.1. The first kappa shape index (κ1) is 27.7. The predicted molar refractivity (Wildman–Crippen MR) is 109 cm³/mol. The van der Waals surface area contributed by atoms with Gasteiger partial charge in [-0.15, -0.1) is 0 Å². The summed E-state index contributed by atoms with van der Waals surface area (Å²) in [5.74, 6) is -1.58. The topological polar surface area (TPSA) is 105 Å². The molecule has 0 bridgehead atoms. The van der Waals surface area contributed by atoms with Crippen molar-refractivity contribution in [2.45, 2.75) is 86.9 Å². The van der Waals surface area contributed by atoms with Crippen molar-refractivity contribution in [3.63, 3.8) is 0 Å². The van der Waals surface area contributed by atoms with E-state index in [4.69, 9.17) is 6.15 Å². The van der Waals surface area contributed by atoms with Gasteiger partial charge in [-0.3, -0.25) is 0 Å². The van der Waals surface area contributed by atoms with Crippen LogP contribution in [-0.4, -0.2) is 57.3 Å². The molecule has 168 valence electrons. The summed E-state index contributed by atoms with van der Waals surface area (Å²) in [5, 5.41) is 0. The molecule has 0 unspecified atom stereocenters. The summed E-state index contributed by atoms with van der Waals surface area (Å²) in [6.07, 6.45) is 4.60. The molecular formula is C20H36O8Sn. The fraction of sp³-hybridized carbons (Fsp3) is 0.800. The van der Waals surface area contributed by atoms with E-state index in [9.17, 15) is 19.2 Å². The molecule has 0 spiro atoms. The van der Waals surface area contributed by atoms with Gasteiger partial charge >= 0.3 is 179 Å². The van der Waals surface area contributed by atoms with Gasteiger partial charge < -0.3 is 0 Å². The Morgan fingerprint density at radius 2 is 0.931 bits per heavy atom. The molecule has 0 saturated carbocycles. The van der Waals surface area contributed by atoms with Crippen LogP contribution in [0.1, 0.15) is 78.1 Å². The number of hydrogen-bond donors (Lipinski definition) is 0. The fourth-order valence-electron chi connectivity index (χ4n) is 2.72. The number of ether oxygens (including phenoxy) is 2. The van der Waals surface area contributed by atoms with Gasteiger partial charge in [0.15, 0.2) is 0 Å². The van der Waals surface area contributed by atoms with Crippen molar-refractivity contribution in [2.75, 3.05) is 14.2 Å². The molecule has 0 atom stereocenters. The van der Waals surface area contributed by atoms with Gasteiger partial charge in [0.1, 0.15) is 0 Å². The van der Waals surface area contributed by atoms with Crippen molar-refractivity contribution in [2.24, 2.45) is 0 Å². The summed E-state index contributed by atoms with van der Waals surface area (Å²) in [7, 11) is 2.61. The predicted octanol–water partition coefficient (Wildman–Crippen LogP) is 3.80. The fourth-order valence-corrected chi connectivity index (χ4v) is 12.8. The Kier molecular flexibility index (Phi) is 15.7. The summed E-state index contributed by atoms with van der Waals surface area (Å²) in [4.78, 5) is 47.2. The minimum atomic E-state index is -3.97. The maximum atomic E-state index is 12.4. The van der Waals surface area contributed by atoms with Crippen molar-refractivity contribution in [1.82, 2.24) is 0 Å². The zero-order chi connectivity index (χ0) is 22.1. The van der Waals surface area contributed by atoms with E-state index in [-0.39, 0.29) is 37.6 Å². The Bertz CT molecular complexity index is 475. The van der Waals surface area contributed by atoms with E-state index >= 15 is 0 Å². The van der Waals surface area contributed by atoms with E-state index in [1.807, 2.05) is 13.8 Å². The van der Waals surface area contributed by atoms with Gasteiger partial charge in [0.25, 0.3) is 0 Å². The van der Waals surface area contributed by atoms with Crippen LogP contribution in [0.15, 0.2) is 0 Å². The van der Waals surface area contributed by atoms with Crippen molar-refractivity contribution in [3.8, 4) is 0 Å². The molecule has 0 rings (SSSR count). The van der Waals surface area contributed by atoms with Crippen LogP contribution in [0.2, 0.25) is 8.87 Å². The first-order valence-electron chi connectivity index (χ1n) is 10.4. The SMILES string of the molecule is CCC[CH2][Sn]([CH2]CCC)([O]C(=O)CCCC(=O)OC)[O]C(=O)CCCC(=O)OC. The van der Waals surface area contributed by atoms with E-state index in [1.54, 1.807) is 0 Å². The Morgan fingerprint density at radius 1 is 0.586 bits per heavy atom. The van der Waals surface area contributed by atoms with E-state index in [1.165, 1.54) is 14.2 Å². The number of unbranched alkanes of at least 4 members (excludes halogenated alkanes) is 2. The number of carbonyl (C=O) groups excluding carboxylic acids is 4. The molecule has 0 fully saturated rings. The third-order valence-electron chi connectivity index (χ3n) is 4.40. The Hall–Kier alpha value is -1.32. The summed E-state index contributed by atoms with van der Waals surface area (Å²) in [6.45, 7) is 4.07. The maximum absolute atomic E-state index is 12.4. The summed E-state index contributed by atoms with van der Waals surface area (Å²) in [6, 6.07) is 0. The van der Waals surface area contributed by atoms with Gasteiger partial charge in [0.2, 0.25) is 0 Å². The second kappa shape index (κ2) is 16.5. The first-order chi connectivity index (χ1) is 13.8. The molecule has 0 saturated heterocycles. The Balaban J connectivity index is 5.00. The van der Waals surface area contributed by atoms with Crippen LogP contribution in [0.25, 0.3) is 0 Å². The number of methoxy groups -OCH3 is 2. The van der Waals surface area contributed by atoms with Crippen LogP contribution in [0, 0.1) is 0 Å². The van der Waals surface area contributed by atoms with Crippen molar-refractivity contribution in [3.05, 3.63) is 0 Å². The molecule has 0 radical (unpaired) electrons. The van der Waals surface area contributed by atoms with Gasteiger partial charge in [-0.05, 0) is 0 Å². The molecule has 0 amide bonds. The molecule has 0 aliphatic carbocycles. The van der Waals surface area contributed by atoms with Gasteiger partial charge in [0.05, 0.1) is 0 Å². The molecule has 9 heteroatoms. The van der Waals surface area contributed by atoms with Crippen molar-refractivity contribution in [1.29, 1.82) is 0 Å². The Morgan fingerprint density at radius 3 is 1.24 bits per heavy atom. The molecule has 29 heavy (non-hydrogen) atoms. The van der Waals surface area contributed by atoms with Crippen LogP contribution in [0.4, 0.5) is 0 Å². The van der Waals surface area contributed by atoms with Gasteiger partial charge in [-0.1, -0.05) is 0 Å². The first-order valence-corrected chi connectivity index (χ1v) is 16.8. The molecule has 0 aliphatic heterocycles. The third-order valence-corrected chi connectivity index (χ3v) is 14.2. The number of hydrogen-bond acceptors (Lipinski definition) is 8. The van der Waals surface area contributed by atoms with E-state index in [0.717, 1.165) is 25.7 Å². The third kappa shape index (κ3) is 13.5. The van der Waals surface area contributed by atoms with Gasteiger partial charge in [-0.25, -0.2) is 0 Å². The molecule has 8 nitrogen and oxygen atoms in total. The second-order valence-electron chi connectivity index (χ2n) is 6.93. The van der Waals surface area contributed by atoms with Crippen LogP contribution in [-0.2, 0) is 34.8 Å². The van der Waals surface area contributed by atoms with Crippen LogP contribution >= 0.6 is 0 Å². The summed E-state index contributed by atoms with van der Waals surface area (Å²) in [5.41, 5.74) is 0. The van der Waals surface area contributed by atoms with E-state index in [2.05, 4.69) is 9.47 Å².